The molecule has 2 aliphatic heterocycles. The molecule has 206 valence electrons. The van der Waals surface area contributed by atoms with Gasteiger partial charge in [-0.2, -0.15) is 0 Å². The number of nitrogens with one attached hydrogen (secondary N) is 2. The third-order valence-electron chi connectivity index (χ3n) is 6.70. The highest BCUT2D eigenvalue weighted by atomic mass is 16.5. The third kappa shape index (κ3) is 5.87. The number of amides is 1. The molecule has 5 rings (SSSR count). The topological polar surface area (TPSA) is 185 Å². The maximum atomic E-state index is 12.2. The molecule has 4 unspecified atom stereocenters. The highest BCUT2D eigenvalue weighted by molar-refractivity contribution is 5.83. The smallest absolute Gasteiger partial charge is 0.249 e. The highest BCUT2D eigenvalue weighted by Crippen LogP contribution is 2.34. The Bertz CT molecular complexity index is 1340. The average Bonchev–Trinajstić information content (AvgIpc) is 3.54. The summed E-state index contributed by atoms with van der Waals surface area (Å²) in [5, 5.41) is 20.1. The number of fused-ring (bicyclic) bond motifs is 1. The first-order valence-electron chi connectivity index (χ1n) is 12.6. The van der Waals surface area contributed by atoms with Crippen LogP contribution in [0.15, 0.2) is 42.0 Å². The molecule has 2 aromatic heterocycles. The molecule has 4 heterocycles. The molecule has 0 radical (unpaired) electrons. The first kappa shape index (κ1) is 26.6. The Morgan fingerprint density at radius 3 is 2.95 bits per heavy atom. The Morgan fingerprint density at radius 1 is 1.31 bits per heavy atom. The monoisotopic (exact) mass is 538 g/mol. The molecule has 4 atom stereocenters. The lowest BCUT2D eigenvalue weighted by Gasteiger charge is -2.26. The summed E-state index contributed by atoms with van der Waals surface area (Å²) in [6.07, 6.45) is -0.678. The van der Waals surface area contributed by atoms with Crippen molar-refractivity contribution in [3.63, 3.8) is 0 Å². The van der Waals surface area contributed by atoms with E-state index in [4.69, 9.17) is 19.7 Å². The molecule has 1 aromatic carbocycles. The van der Waals surface area contributed by atoms with Gasteiger partial charge in [0, 0.05) is 38.1 Å². The molecule has 2 aliphatic rings. The number of azide groups is 1. The van der Waals surface area contributed by atoms with Gasteiger partial charge < -0.3 is 30.0 Å². The Labute approximate surface area is 223 Å². The molecule has 3 N–H and O–H groups in total. The zero-order chi connectivity index (χ0) is 27.2. The van der Waals surface area contributed by atoms with E-state index in [1.165, 1.54) is 24.3 Å². The van der Waals surface area contributed by atoms with E-state index in [0.717, 1.165) is 44.2 Å². The predicted octanol–water partition coefficient (Wildman–Crippen LogP) is 0.833. The van der Waals surface area contributed by atoms with Crippen LogP contribution in [0, 0.1) is 0 Å². The average molecular weight is 539 g/mol. The molecular formula is C24H30N10O5. The number of ether oxygens (including phenoxy) is 3. The predicted molar refractivity (Wildman–Crippen MR) is 139 cm³/mol. The van der Waals surface area contributed by atoms with Gasteiger partial charge in [-0.05, 0) is 23.2 Å². The van der Waals surface area contributed by atoms with E-state index in [2.05, 4.69) is 40.5 Å². The van der Waals surface area contributed by atoms with Gasteiger partial charge >= 0.3 is 0 Å². The minimum absolute atomic E-state index is 0.383. The van der Waals surface area contributed by atoms with Crippen LogP contribution in [0.4, 0.5) is 5.82 Å². The first-order chi connectivity index (χ1) is 19.1. The second-order valence-electron chi connectivity index (χ2n) is 9.10. The number of aromatic nitrogens is 4. The summed E-state index contributed by atoms with van der Waals surface area (Å²) in [6.45, 7) is 5.27. The number of carbonyl (C=O) groups excluding carboxylic acids is 1. The summed E-state index contributed by atoms with van der Waals surface area (Å²) in [6, 6.07) is 6.71. The summed E-state index contributed by atoms with van der Waals surface area (Å²) in [4.78, 5) is 30.4. The van der Waals surface area contributed by atoms with E-state index >= 15 is 0 Å². The number of hydrogen-bond donors (Lipinski definition) is 3. The Hall–Kier alpha value is -4.01. The van der Waals surface area contributed by atoms with Gasteiger partial charge in [-0.3, -0.25) is 14.3 Å². The van der Waals surface area contributed by atoms with Crippen molar-refractivity contribution >= 4 is 22.9 Å². The molecule has 2 saturated heterocycles. The summed E-state index contributed by atoms with van der Waals surface area (Å²) in [5.41, 5.74) is 10.7. The van der Waals surface area contributed by atoms with Crippen LogP contribution in [-0.2, 0) is 20.8 Å². The zero-order valence-corrected chi connectivity index (χ0v) is 21.4. The quantitative estimate of drug-likeness (QED) is 0.190. The van der Waals surface area contributed by atoms with Crippen LogP contribution in [-0.4, -0.2) is 100 Å². The molecule has 2 fully saturated rings. The number of aliphatic hydroxyl groups excluding tert-OH is 1. The van der Waals surface area contributed by atoms with E-state index in [1.807, 2.05) is 24.3 Å². The zero-order valence-electron chi connectivity index (χ0n) is 21.4. The number of benzene rings is 1. The van der Waals surface area contributed by atoms with Crippen molar-refractivity contribution in [2.24, 2.45) is 5.11 Å². The molecular weight excluding hydrogens is 508 g/mol. The van der Waals surface area contributed by atoms with Gasteiger partial charge in [0.2, 0.25) is 5.91 Å². The van der Waals surface area contributed by atoms with Crippen LogP contribution in [0.3, 0.4) is 0 Å². The van der Waals surface area contributed by atoms with Gasteiger partial charge in [0.15, 0.2) is 23.2 Å². The van der Waals surface area contributed by atoms with Crippen LogP contribution in [0.5, 0.6) is 5.75 Å². The van der Waals surface area contributed by atoms with Crippen LogP contribution < -0.4 is 15.4 Å². The molecule has 0 aliphatic carbocycles. The summed E-state index contributed by atoms with van der Waals surface area (Å²) >= 11 is 0. The van der Waals surface area contributed by atoms with Crippen molar-refractivity contribution in [2.45, 2.75) is 31.0 Å². The number of likely N-dealkylation sites (N-methyl/N-ethyl adjacent to an activating group) is 1. The van der Waals surface area contributed by atoms with Gasteiger partial charge in [0.1, 0.15) is 36.9 Å². The SMILES string of the molecule is CNC(=O)C1OC(n2cnc3c(NCc4cccc(OCCN5CCOCC5)c4)ncnc32)C(O)C1N=[N+]=[N-]. The maximum absolute atomic E-state index is 12.2. The van der Waals surface area contributed by atoms with Crippen molar-refractivity contribution in [3.8, 4) is 5.75 Å². The number of aliphatic hydroxyl groups is 1. The number of imidazole rings is 1. The lowest BCUT2D eigenvalue weighted by Crippen LogP contribution is -2.40. The summed E-state index contributed by atoms with van der Waals surface area (Å²) in [5.74, 6) is 0.759. The largest absolute Gasteiger partial charge is 0.492 e. The number of rotatable bonds is 10. The van der Waals surface area contributed by atoms with E-state index in [9.17, 15) is 9.90 Å². The molecule has 3 aromatic rings. The van der Waals surface area contributed by atoms with Gasteiger partial charge in [0.25, 0.3) is 0 Å². The van der Waals surface area contributed by atoms with Crippen LogP contribution >= 0.6 is 0 Å². The molecule has 39 heavy (non-hydrogen) atoms. The van der Waals surface area contributed by atoms with Crippen LogP contribution in [0.25, 0.3) is 21.6 Å². The van der Waals surface area contributed by atoms with E-state index in [1.54, 1.807) is 0 Å². The van der Waals surface area contributed by atoms with Gasteiger partial charge in [-0.25, -0.2) is 15.0 Å². The maximum Gasteiger partial charge on any atom is 0.249 e. The summed E-state index contributed by atoms with van der Waals surface area (Å²) in [7, 11) is 1.43. The minimum Gasteiger partial charge on any atom is -0.492 e. The standard InChI is InChI=1S/C24H30N10O5/c1-26-23(36)20-17(31-32-25)19(35)24(39-20)34-14-30-18-21(28-13-29-22(18)34)27-12-15-3-2-4-16(11-15)38-10-7-33-5-8-37-9-6-33/h2-4,11,13-14,17,19-20,24,35H,5-10,12H2,1H3,(H,26,36)(H,27,28,29). The van der Waals surface area contributed by atoms with Crippen molar-refractivity contribution < 1.29 is 24.1 Å². The molecule has 0 saturated carbocycles. The fraction of sp³-hybridized carbons (Fsp3) is 0.500. The van der Waals surface area contributed by atoms with E-state index in [0.29, 0.717) is 30.1 Å². The molecule has 0 spiro atoms. The minimum atomic E-state index is -1.29. The van der Waals surface area contributed by atoms with Gasteiger partial charge in [0.05, 0.1) is 19.5 Å². The van der Waals surface area contributed by atoms with Crippen LogP contribution in [0.2, 0.25) is 0 Å². The molecule has 1 amide bonds. The van der Waals surface area contributed by atoms with Gasteiger partial charge in [-0.1, -0.05) is 17.2 Å². The first-order valence-corrected chi connectivity index (χ1v) is 12.6. The van der Waals surface area contributed by atoms with Crippen molar-refractivity contribution in [3.05, 3.63) is 52.9 Å². The summed E-state index contributed by atoms with van der Waals surface area (Å²) < 4.78 is 18.6. The normalized spacial score (nSPS) is 23.3. The number of hydrogen-bond acceptors (Lipinski definition) is 11. The Morgan fingerprint density at radius 2 is 2.15 bits per heavy atom. The van der Waals surface area contributed by atoms with E-state index < -0.39 is 30.4 Å². The van der Waals surface area contributed by atoms with Crippen molar-refractivity contribution in [1.29, 1.82) is 0 Å². The van der Waals surface area contributed by atoms with Crippen molar-refractivity contribution in [1.82, 2.24) is 29.7 Å². The fourth-order valence-corrected chi connectivity index (χ4v) is 4.65. The Balaban J connectivity index is 1.26. The Kier molecular flexibility index (Phi) is 8.34. The number of nitrogens with zero attached hydrogens (tertiary/aromatic N) is 8. The highest BCUT2D eigenvalue weighted by Gasteiger charge is 2.48. The third-order valence-corrected chi connectivity index (χ3v) is 6.70. The number of anilines is 1. The molecule has 15 heteroatoms. The van der Waals surface area contributed by atoms with Gasteiger partial charge in [-0.15, -0.1) is 0 Å². The van der Waals surface area contributed by atoms with Crippen molar-refractivity contribution in [2.75, 3.05) is 51.8 Å². The fourth-order valence-electron chi connectivity index (χ4n) is 4.65. The second-order valence-corrected chi connectivity index (χ2v) is 9.10. The molecule has 15 nitrogen and oxygen atoms in total. The molecule has 0 bridgehead atoms. The lowest BCUT2D eigenvalue weighted by atomic mass is 10.1. The van der Waals surface area contributed by atoms with Crippen LogP contribution in [0.1, 0.15) is 11.8 Å². The number of carbonyl (C=O) groups is 1. The number of morpholine rings is 1. The van der Waals surface area contributed by atoms with E-state index in [-0.39, 0.29) is 0 Å². The lowest BCUT2D eigenvalue weighted by molar-refractivity contribution is -0.134. The second kappa shape index (κ2) is 12.2.